The van der Waals surface area contributed by atoms with Crippen LogP contribution in [0, 0.1) is 5.82 Å². The Morgan fingerprint density at radius 3 is 2.77 bits per heavy atom. The second kappa shape index (κ2) is 4.18. The van der Waals surface area contributed by atoms with Crippen molar-refractivity contribution in [3.8, 4) is 5.75 Å². The van der Waals surface area contributed by atoms with E-state index in [1.165, 1.54) is 25.3 Å². The van der Waals surface area contributed by atoms with Crippen LogP contribution in [0.4, 0.5) is 8.78 Å². The third-order valence-corrected chi connectivity index (χ3v) is 1.75. The molecule has 0 aliphatic heterocycles. The molecule has 0 heterocycles. The van der Waals surface area contributed by atoms with Gasteiger partial charge in [0, 0.05) is 6.54 Å². The Morgan fingerprint density at radius 1 is 1.54 bits per heavy atom. The fourth-order valence-corrected chi connectivity index (χ4v) is 1.12. The predicted octanol–water partition coefficient (Wildman–Crippen LogP) is 1.80. The molecule has 1 aromatic carbocycles. The maximum absolute atomic E-state index is 13.1. The lowest BCUT2D eigenvalue weighted by Crippen LogP contribution is -2.10. The fourth-order valence-electron chi connectivity index (χ4n) is 1.12. The maximum Gasteiger partial charge on any atom is 0.144 e. The van der Waals surface area contributed by atoms with Gasteiger partial charge in [-0.05, 0) is 12.1 Å². The molecular formula is C9H11F2NO. The average molecular weight is 187 g/mol. The van der Waals surface area contributed by atoms with Crippen LogP contribution in [0.3, 0.4) is 0 Å². The lowest BCUT2D eigenvalue weighted by molar-refractivity contribution is 0.319. The zero-order valence-corrected chi connectivity index (χ0v) is 7.26. The largest absolute Gasteiger partial charge is 0.496 e. The highest BCUT2D eigenvalue weighted by Gasteiger charge is 2.17. The monoisotopic (exact) mass is 187 g/mol. The lowest BCUT2D eigenvalue weighted by Gasteiger charge is -2.11. The number of hydrogen-bond donors (Lipinski definition) is 1. The van der Waals surface area contributed by atoms with E-state index in [9.17, 15) is 8.78 Å². The van der Waals surface area contributed by atoms with Gasteiger partial charge in [0.25, 0.3) is 0 Å². The van der Waals surface area contributed by atoms with Gasteiger partial charge in [-0.3, -0.25) is 0 Å². The topological polar surface area (TPSA) is 35.2 Å². The minimum absolute atomic E-state index is 0.104. The highest BCUT2D eigenvalue weighted by atomic mass is 19.1. The first-order chi connectivity index (χ1) is 6.20. The zero-order chi connectivity index (χ0) is 9.84. The summed E-state index contributed by atoms with van der Waals surface area (Å²) in [7, 11) is 1.36. The molecule has 1 rings (SSSR count). The quantitative estimate of drug-likeness (QED) is 0.783. The molecule has 2 N–H and O–H groups in total. The lowest BCUT2D eigenvalue weighted by atomic mass is 10.1. The summed E-state index contributed by atoms with van der Waals surface area (Å²) < 4.78 is 31.0. The number of ether oxygens (including phenoxy) is 1. The number of rotatable bonds is 3. The van der Waals surface area contributed by atoms with Crippen LogP contribution in [0.1, 0.15) is 11.7 Å². The number of alkyl halides is 1. The van der Waals surface area contributed by atoms with Gasteiger partial charge in [0.15, 0.2) is 0 Å². The van der Waals surface area contributed by atoms with E-state index in [4.69, 9.17) is 10.5 Å². The van der Waals surface area contributed by atoms with E-state index < -0.39 is 12.0 Å². The summed E-state index contributed by atoms with van der Waals surface area (Å²) in [5.74, 6) is -0.435. The summed E-state index contributed by atoms with van der Waals surface area (Å²) in [5.41, 5.74) is 5.00. The molecule has 1 atom stereocenters. The fraction of sp³-hybridized carbons (Fsp3) is 0.333. The van der Waals surface area contributed by atoms with Crippen molar-refractivity contribution in [2.75, 3.05) is 13.7 Å². The molecule has 4 heteroatoms. The Hall–Kier alpha value is -1.16. The minimum Gasteiger partial charge on any atom is -0.496 e. The van der Waals surface area contributed by atoms with Crippen molar-refractivity contribution in [1.29, 1.82) is 0 Å². The summed E-state index contributed by atoms with van der Waals surface area (Å²) in [4.78, 5) is 0. The van der Waals surface area contributed by atoms with Crippen LogP contribution in [0.5, 0.6) is 5.75 Å². The van der Waals surface area contributed by atoms with E-state index in [2.05, 4.69) is 0 Å². The van der Waals surface area contributed by atoms with Gasteiger partial charge in [0.05, 0.1) is 12.7 Å². The highest BCUT2D eigenvalue weighted by molar-refractivity contribution is 5.36. The van der Waals surface area contributed by atoms with Gasteiger partial charge in [0.2, 0.25) is 0 Å². The first-order valence-electron chi connectivity index (χ1n) is 3.87. The predicted molar refractivity (Wildman–Crippen MR) is 45.9 cm³/mol. The second-order valence-corrected chi connectivity index (χ2v) is 2.56. The molecule has 0 radical (unpaired) electrons. The van der Waals surface area contributed by atoms with Crippen LogP contribution in [-0.2, 0) is 0 Å². The Bertz CT molecular complexity index is 291. The van der Waals surface area contributed by atoms with E-state index in [0.717, 1.165) is 0 Å². The summed E-state index contributed by atoms with van der Waals surface area (Å²) in [5, 5.41) is 0. The average Bonchev–Trinajstić information content (AvgIpc) is 2.16. The van der Waals surface area contributed by atoms with Crippen molar-refractivity contribution in [2.45, 2.75) is 6.17 Å². The smallest absolute Gasteiger partial charge is 0.144 e. The molecule has 13 heavy (non-hydrogen) atoms. The molecule has 1 aromatic rings. The molecule has 72 valence electrons. The molecule has 0 saturated heterocycles. The SMILES string of the molecule is COc1cccc(F)c1C(F)CN. The molecule has 0 amide bonds. The molecule has 0 aromatic heterocycles. The highest BCUT2D eigenvalue weighted by Crippen LogP contribution is 2.29. The third kappa shape index (κ3) is 1.95. The van der Waals surface area contributed by atoms with Gasteiger partial charge >= 0.3 is 0 Å². The summed E-state index contributed by atoms with van der Waals surface area (Å²) in [6, 6.07) is 4.14. The summed E-state index contributed by atoms with van der Waals surface area (Å²) in [6.45, 7) is -0.253. The van der Waals surface area contributed by atoms with Crippen molar-refractivity contribution >= 4 is 0 Å². The molecule has 0 spiro atoms. The van der Waals surface area contributed by atoms with E-state index >= 15 is 0 Å². The van der Waals surface area contributed by atoms with Crippen LogP contribution >= 0.6 is 0 Å². The van der Waals surface area contributed by atoms with Crippen molar-refractivity contribution in [3.05, 3.63) is 29.6 Å². The second-order valence-electron chi connectivity index (χ2n) is 2.56. The maximum atomic E-state index is 13.1. The van der Waals surface area contributed by atoms with Crippen LogP contribution in [0.2, 0.25) is 0 Å². The summed E-state index contributed by atoms with van der Waals surface area (Å²) >= 11 is 0. The number of nitrogens with two attached hydrogens (primary N) is 1. The van der Waals surface area contributed by atoms with E-state index in [-0.39, 0.29) is 17.9 Å². The van der Waals surface area contributed by atoms with Gasteiger partial charge in [0.1, 0.15) is 17.7 Å². The van der Waals surface area contributed by atoms with E-state index in [1.807, 2.05) is 0 Å². The van der Waals surface area contributed by atoms with Crippen LogP contribution in [0.25, 0.3) is 0 Å². The molecule has 1 unspecified atom stereocenters. The molecule has 0 aliphatic rings. The normalized spacial score (nSPS) is 12.6. The Morgan fingerprint density at radius 2 is 2.23 bits per heavy atom. The molecule has 0 saturated carbocycles. The molecule has 0 bridgehead atoms. The van der Waals surface area contributed by atoms with Crippen molar-refractivity contribution in [3.63, 3.8) is 0 Å². The zero-order valence-electron chi connectivity index (χ0n) is 7.26. The number of halogens is 2. The third-order valence-electron chi connectivity index (χ3n) is 1.75. The minimum atomic E-state index is -1.52. The van der Waals surface area contributed by atoms with E-state index in [1.54, 1.807) is 0 Å². The number of methoxy groups -OCH3 is 1. The van der Waals surface area contributed by atoms with Crippen molar-refractivity contribution < 1.29 is 13.5 Å². The first-order valence-corrected chi connectivity index (χ1v) is 3.87. The van der Waals surface area contributed by atoms with Gasteiger partial charge in [-0.25, -0.2) is 8.78 Å². The Kier molecular flexibility index (Phi) is 3.19. The Balaban J connectivity index is 3.14. The van der Waals surface area contributed by atoms with E-state index in [0.29, 0.717) is 0 Å². The van der Waals surface area contributed by atoms with Crippen LogP contribution in [-0.4, -0.2) is 13.7 Å². The van der Waals surface area contributed by atoms with Crippen molar-refractivity contribution in [1.82, 2.24) is 0 Å². The number of hydrogen-bond acceptors (Lipinski definition) is 2. The van der Waals surface area contributed by atoms with Crippen LogP contribution in [0.15, 0.2) is 18.2 Å². The molecule has 0 fully saturated rings. The first kappa shape index (κ1) is 9.92. The van der Waals surface area contributed by atoms with Gasteiger partial charge in [-0.2, -0.15) is 0 Å². The summed E-state index contributed by atoms with van der Waals surface area (Å²) in [6.07, 6.45) is -1.52. The molecular weight excluding hydrogens is 176 g/mol. The standard InChI is InChI=1S/C9H11F2NO/c1-13-8-4-2-3-6(10)9(8)7(11)5-12/h2-4,7H,5,12H2,1H3. The molecule has 0 aliphatic carbocycles. The van der Waals surface area contributed by atoms with Gasteiger partial charge in [-0.1, -0.05) is 6.07 Å². The van der Waals surface area contributed by atoms with Gasteiger partial charge < -0.3 is 10.5 Å². The van der Waals surface area contributed by atoms with Gasteiger partial charge in [-0.15, -0.1) is 0 Å². The van der Waals surface area contributed by atoms with Crippen molar-refractivity contribution in [2.24, 2.45) is 5.73 Å². The number of benzene rings is 1. The van der Waals surface area contributed by atoms with Crippen LogP contribution < -0.4 is 10.5 Å². The molecule has 2 nitrogen and oxygen atoms in total. The Labute approximate surface area is 75.3 Å².